The molecule has 2 aliphatic carbocycles. The van der Waals surface area contributed by atoms with Crippen LogP contribution in [0.15, 0.2) is 24.3 Å². The molecule has 1 heterocycles. The van der Waals surface area contributed by atoms with Gasteiger partial charge in [-0.3, -0.25) is 10.2 Å². The predicted molar refractivity (Wildman–Crippen MR) is 104 cm³/mol. The third-order valence-electron chi connectivity index (χ3n) is 6.53. The topological polar surface area (TPSA) is 29.4 Å². The van der Waals surface area contributed by atoms with E-state index in [2.05, 4.69) is 22.3 Å². The van der Waals surface area contributed by atoms with Crippen molar-refractivity contribution in [3.05, 3.63) is 34.9 Å². The zero-order valence-electron chi connectivity index (χ0n) is 15.2. The van der Waals surface area contributed by atoms with Crippen LogP contribution in [0.3, 0.4) is 0 Å². The lowest BCUT2D eigenvalue weighted by molar-refractivity contribution is 0.0888. The Balaban J connectivity index is 1.45. The van der Waals surface area contributed by atoms with E-state index in [1.165, 1.54) is 63.4 Å². The van der Waals surface area contributed by atoms with E-state index in [4.69, 9.17) is 16.9 Å². The zero-order valence-corrected chi connectivity index (χ0v) is 16.0. The van der Waals surface area contributed by atoms with Gasteiger partial charge in [0.25, 0.3) is 0 Å². The lowest BCUT2D eigenvalue weighted by Gasteiger charge is -2.43. The van der Waals surface area contributed by atoms with E-state index in [9.17, 15) is 0 Å². The minimum Gasteiger partial charge on any atom is -0.296 e. The maximum absolute atomic E-state index is 6.12. The first-order valence-corrected chi connectivity index (χ1v) is 10.6. The van der Waals surface area contributed by atoms with Crippen molar-refractivity contribution >= 4 is 11.6 Å². The van der Waals surface area contributed by atoms with Gasteiger partial charge in [0.2, 0.25) is 0 Å². The van der Waals surface area contributed by atoms with Crippen LogP contribution in [-0.2, 0) is 5.54 Å². The molecule has 4 rings (SSSR count). The van der Waals surface area contributed by atoms with Crippen molar-refractivity contribution in [3.63, 3.8) is 0 Å². The molecule has 2 saturated carbocycles. The van der Waals surface area contributed by atoms with Crippen LogP contribution in [0.5, 0.6) is 0 Å². The number of hydrogen-bond acceptors (Lipinski definition) is 2. The van der Waals surface area contributed by atoms with Crippen LogP contribution < -0.4 is 10.6 Å². The summed E-state index contributed by atoms with van der Waals surface area (Å²) in [5, 5.41) is 9.75. The van der Waals surface area contributed by atoms with Gasteiger partial charge in [-0.2, -0.15) is 0 Å². The second kappa shape index (κ2) is 7.96. The van der Waals surface area contributed by atoms with Crippen LogP contribution in [0.25, 0.3) is 0 Å². The molecule has 4 heteroatoms. The Bertz CT molecular complexity index is 547. The average Bonchev–Trinajstić information content (AvgIpc) is 3.13. The summed E-state index contributed by atoms with van der Waals surface area (Å²) in [5.74, 6) is 0. The highest BCUT2D eigenvalue weighted by molar-refractivity contribution is 6.30. The summed E-state index contributed by atoms with van der Waals surface area (Å²) in [4.78, 5) is 2.72. The summed E-state index contributed by atoms with van der Waals surface area (Å²) in [6.07, 6.45) is 12.3. The van der Waals surface area contributed by atoms with Gasteiger partial charge in [-0.05, 0) is 43.4 Å². The normalized spacial score (nSPS) is 28.3. The molecule has 0 aromatic heterocycles. The van der Waals surface area contributed by atoms with Gasteiger partial charge >= 0.3 is 0 Å². The minimum absolute atomic E-state index is 0.0916. The number of nitrogens with one attached hydrogen (secondary N) is 1. The Morgan fingerprint density at radius 3 is 2.44 bits per heavy atom. The SMILES string of the molecule is Clc1ccc(C2(NC3CN(C4CCCCC4)CC[N]3)CCCC2)cc1. The second-order valence-corrected chi connectivity index (χ2v) is 8.59. The van der Waals surface area contributed by atoms with E-state index in [1.54, 1.807) is 0 Å². The molecule has 25 heavy (non-hydrogen) atoms. The standard InChI is InChI=1S/C21H31ClN3/c22-18-10-8-17(9-11-18)21(12-4-5-13-21)24-20-16-25(15-14-23-20)19-6-2-1-3-7-19/h8-11,19-20,24H,1-7,12-16H2. The first-order chi connectivity index (χ1) is 12.3. The highest BCUT2D eigenvalue weighted by Crippen LogP contribution is 2.39. The fourth-order valence-electron chi connectivity index (χ4n) is 5.17. The molecule has 137 valence electrons. The van der Waals surface area contributed by atoms with Gasteiger partial charge in [-0.1, -0.05) is 55.8 Å². The molecule has 0 bridgehead atoms. The molecule has 1 aromatic carbocycles. The summed E-state index contributed by atoms with van der Waals surface area (Å²) in [6, 6.07) is 9.28. The van der Waals surface area contributed by atoms with Gasteiger partial charge < -0.3 is 0 Å². The Kier molecular flexibility index (Phi) is 5.66. The van der Waals surface area contributed by atoms with Crippen molar-refractivity contribution in [1.29, 1.82) is 0 Å². The van der Waals surface area contributed by atoms with E-state index in [0.717, 1.165) is 30.7 Å². The third-order valence-corrected chi connectivity index (χ3v) is 6.78. The van der Waals surface area contributed by atoms with Crippen LogP contribution in [0.2, 0.25) is 5.02 Å². The van der Waals surface area contributed by atoms with E-state index in [1.807, 2.05) is 12.1 Å². The van der Waals surface area contributed by atoms with Gasteiger partial charge in [0.1, 0.15) is 0 Å². The van der Waals surface area contributed by atoms with Crippen LogP contribution in [0, 0.1) is 0 Å². The molecule has 0 spiro atoms. The first kappa shape index (κ1) is 17.8. The summed E-state index contributed by atoms with van der Waals surface area (Å²) in [7, 11) is 0. The van der Waals surface area contributed by atoms with E-state index in [-0.39, 0.29) is 11.7 Å². The maximum atomic E-state index is 6.12. The highest BCUT2D eigenvalue weighted by Gasteiger charge is 2.39. The zero-order chi connectivity index (χ0) is 17.1. The monoisotopic (exact) mass is 360 g/mol. The second-order valence-electron chi connectivity index (χ2n) is 8.15. The van der Waals surface area contributed by atoms with Gasteiger partial charge in [0.05, 0.1) is 6.17 Å². The molecule has 3 fully saturated rings. The van der Waals surface area contributed by atoms with E-state index < -0.39 is 0 Å². The lowest BCUT2D eigenvalue weighted by Crippen LogP contribution is -2.60. The molecule has 1 unspecified atom stereocenters. The predicted octanol–water partition coefficient (Wildman–Crippen LogP) is 4.28. The van der Waals surface area contributed by atoms with Crippen LogP contribution in [0.1, 0.15) is 63.4 Å². The quantitative estimate of drug-likeness (QED) is 0.868. The van der Waals surface area contributed by atoms with E-state index >= 15 is 0 Å². The van der Waals surface area contributed by atoms with Crippen LogP contribution in [-0.4, -0.2) is 36.7 Å². The number of piperazine rings is 1. The summed E-state index contributed by atoms with van der Waals surface area (Å²) in [5.41, 5.74) is 1.48. The van der Waals surface area contributed by atoms with Gasteiger partial charge in [0.15, 0.2) is 0 Å². The van der Waals surface area contributed by atoms with Gasteiger partial charge in [-0.15, -0.1) is 0 Å². The molecule has 1 saturated heterocycles. The highest BCUT2D eigenvalue weighted by atomic mass is 35.5. The molecule has 3 nitrogen and oxygen atoms in total. The fraction of sp³-hybridized carbons (Fsp3) is 0.714. The molecule has 3 aliphatic rings. The number of nitrogens with zero attached hydrogens (tertiary/aromatic N) is 2. The summed E-state index contributed by atoms with van der Waals surface area (Å²) in [6.45, 7) is 3.21. The Morgan fingerprint density at radius 1 is 1.00 bits per heavy atom. The number of hydrogen-bond donors (Lipinski definition) is 1. The average molecular weight is 361 g/mol. The smallest absolute Gasteiger partial charge is 0.0872 e. The van der Waals surface area contributed by atoms with Crippen LogP contribution in [0.4, 0.5) is 0 Å². The van der Waals surface area contributed by atoms with Crippen LogP contribution >= 0.6 is 11.6 Å². The van der Waals surface area contributed by atoms with Crippen molar-refractivity contribution in [1.82, 2.24) is 15.5 Å². The lowest BCUT2D eigenvalue weighted by atomic mass is 9.87. The Hall–Kier alpha value is -0.610. The Labute approximate surface area is 157 Å². The minimum atomic E-state index is 0.0916. The first-order valence-electron chi connectivity index (χ1n) is 10.2. The maximum Gasteiger partial charge on any atom is 0.0872 e. The van der Waals surface area contributed by atoms with Gasteiger partial charge in [0, 0.05) is 36.2 Å². The number of halogens is 1. The van der Waals surface area contributed by atoms with Crippen molar-refractivity contribution in [3.8, 4) is 0 Å². The molecule has 1 N–H and O–H groups in total. The number of rotatable bonds is 4. The van der Waals surface area contributed by atoms with Crippen molar-refractivity contribution in [2.24, 2.45) is 0 Å². The molecule has 0 amide bonds. The Morgan fingerprint density at radius 2 is 1.72 bits per heavy atom. The molecular weight excluding hydrogens is 330 g/mol. The molecule has 1 aliphatic heterocycles. The number of benzene rings is 1. The molecule has 1 atom stereocenters. The molecular formula is C21H31ClN3. The fourth-order valence-corrected chi connectivity index (χ4v) is 5.29. The third kappa shape index (κ3) is 4.05. The van der Waals surface area contributed by atoms with Crippen molar-refractivity contribution in [2.45, 2.75) is 75.5 Å². The molecule has 1 aromatic rings. The molecule has 1 radical (unpaired) electrons. The van der Waals surface area contributed by atoms with Gasteiger partial charge in [-0.25, -0.2) is 5.32 Å². The van der Waals surface area contributed by atoms with Crippen molar-refractivity contribution in [2.75, 3.05) is 19.6 Å². The largest absolute Gasteiger partial charge is 0.296 e. The summed E-state index contributed by atoms with van der Waals surface area (Å²) >= 11 is 6.12. The van der Waals surface area contributed by atoms with E-state index in [0.29, 0.717) is 0 Å². The summed E-state index contributed by atoms with van der Waals surface area (Å²) < 4.78 is 0. The van der Waals surface area contributed by atoms with Crippen molar-refractivity contribution < 1.29 is 0 Å².